The van der Waals surface area contributed by atoms with E-state index in [4.69, 9.17) is 14.2 Å². The normalized spacial score (nSPS) is 10.2. The molecular formula is C22H19NO6. The summed E-state index contributed by atoms with van der Waals surface area (Å²) in [5, 5.41) is 10.8. The van der Waals surface area contributed by atoms with Gasteiger partial charge < -0.3 is 14.2 Å². The van der Waals surface area contributed by atoms with E-state index in [0.717, 1.165) is 5.56 Å². The van der Waals surface area contributed by atoms with Gasteiger partial charge in [0.25, 0.3) is 5.69 Å². The zero-order valence-corrected chi connectivity index (χ0v) is 15.7. The standard InChI is InChI=1S/C22H19NO6/c1-27-20-7-2-3-8-21(20)28-14-16-9-11-18(12-10-16)22(24)29-15-17-5-4-6-19(13-17)23(25)26/h2-13H,14-15H2,1H3. The predicted octanol–water partition coefficient (Wildman–Crippen LogP) is 4.54. The average molecular weight is 393 g/mol. The maximum Gasteiger partial charge on any atom is 0.338 e. The predicted molar refractivity (Wildman–Crippen MR) is 106 cm³/mol. The smallest absolute Gasteiger partial charge is 0.338 e. The Bertz CT molecular complexity index is 1000. The SMILES string of the molecule is COc1ccccc1OCc1ccc(C(=O)OCc2cccc([N+](=O)[O-])c2)cc1. The number of hydrogen-bond donors (Lipinski definition) is 0. The summed E-state index contributed by atoms with van der Waals surface area (Å²) in [6, 6.07) is 20.2. The van der Waals surface area contributed by atoms with Crippen LogP contribution in [0.2, 0.25) is 0 Å². The molecule has 0 heterocycles. The van der Waals surface area contributed by atoms with Crippen LogP contribution in [0, 0.1) is 10.1 Å². The first kappa shape index (κ1) is 19.9. The minimum Gasteiger partial charge on any atom is -0.493 e. The Morgan fingerprint density at radius 1 is 0.897 bits per heavy atom. The Hall–Kier alpha value is -3.87. The number of ether oxygens (including phenoxy) is 3. The van der Waals surface area contributed by atoms with Gasteiger partial charge in [0.05, 0.1) is 17.6 Å². The molecule has 148 valence electrons. The lowest BCUT2D eigenvalue weighted by atomic mass is 10.1. The van der Waals surface area contributed by atoms with Crippen LogP contribution in [0.3, 0.4) is 0 Å². The molecule has 0 amide bonds. The number of non-ortho nitro benzene ring substituents is 1. The number of para-hydroxylation sites is 2. The Labute approximate surface area is 167 Å². The van der Waals surface area contributed by atoms with E-state index in [1.165, 1.54) is 12.1 Å². The first-order valence-corrected chi connectivity index (χ1v) is 8.82. The van der Waals surface area contributed by atoms with E-state index in [-0.39, 0.29) is 12.3 Å². The quantitative estimate of drug-likeness (QED) is 0.317. The van der Waals surface area contributed by atoms with Crippen molar-refractivity contribution in [1.82, 2.24) is 0 Å². The van der Waals surface area contributed by atoms with Crippen LogP contribution in [-0.4, -0.2) is 18.0 Å². The molecule has 0 saturated heterocycles. The van der Waals surface area contributed by atoms with Crippen LogP contribution in [0.25, 0.3) is 0 Å². The van der Waals surface area contributed by atoms with Crippen LogP contribution in [0.15, 0.2) is 72.8 Å². The molecule has 0 saturated carbocycles. The van der Waals surface area contributed by atoms with Gasteiger partial charge in [0.15, 0.2) is 11.5 Å². The van der Waals surface area contributed by atoms with Gasteiger partial charge in [-0.25, -0.2) is 4.79 Å². The first-order valence-electron chi connectivity index (χ1n) is 8.82. The highest BCUT2D eigenvalue weighted by atomic mass is 16.6. The summed E-state index contributed by atoms with van der Waals surface area (Å²) in [4.78, 5) is 22.5. The number of carbonyl (C=O) groups excluding carboxylic acids is 1. The molecule has 0 aliphatic carbocycles. The molecule has 0 radical (unpaired) electrons. The van der Waals surface area contributed by atoms with Crippen molar-refractivity contribution in [3.8, 4) is 11.5 Å². The third-order valence-corrected chi connectivity index (χ3v) is 4.14. The number of benzene rings is 3. The van der Waals surface area contributed by atoms with Gasteiger partial charge in [0.1, 0.15) is 13.2 Å². The number of esters is 1. The summed E-state index contributed by atoms with van der Waals surface area (Å²) in [7, 11) is 1.58. The largest absolute Gasteiger partial charge is 0.493 e. The van der Waals surface area contributed by atoms with E-state index < -0.39 is 10.9 Å². The third-order valence-electron chi connectivity index (χ3n) is 4.14. The van der Waals surface area contributed by atoms with Crippen molar-refractivity contribution in [2.75, 3.05) is 7.11 Å². The minimum atomic E-state index is -0.506. The molecule has 3 aromatic rings. The fourth-order valence-corrected chi connectivity index (χ4v) is 2.63. The highest BCUT2D eigenvalue weighted by molar-refractivity contribution is 5.89. The molecule has 3 aromatic carbocycles. The highest BCUT2D eigenvalue weighted by Gasteiger charge is 2.10. The second-order valence-electron chi connectivity index (χ2n) is 6.14. The van der Waals surface area contributed by atoms with Crippen LogP contribution in [-0.2, 0) is 18.0 Å². The number of nitrogens with zero attached hydrogens (tertiary/aromatic N) is 1. The zero-order valence-electron chi connectivity index (χ0n) is 15.7. The van der Waals surface area contributed by atoms with Gasteiger partial charge in [-0.05, 0) is 35.4 Å². The molecular weight excluding hydrogens is 374 g/mol. The average Bonchev–Trinajstić information content (AvgIpc) is 2.76. The van der Waals surface area contributed by atoms with E-state index in [0.29, 0.717) is 29.2 Å². The van der Waals surface area contributed by atoms with Gasteiger partial charge in [0, 0.05) is 12.1 Å². The highest BCUT2D eigenvalue weighted by Crippen LogP contribution is 2.26. The summed E-state index contributed by atoms with van der Waals surface area (Å²) in [6.07, 6.45) is 0. The van der Waals surface area contributed by atoms with Crippen molar-refractivity contribution in [2.45, 2.75) is 13.2 Å². The second kappa shape index (κ2) is 9.36. The fraction of sp³-hybridized carbons (Fsp3) is 0.136. The van der Waals surface area contributed by atoms with Crippen molar-refractivity contribution >= 4 is 11.7 Å². The molecule has 0 spiro atoms. The van der Waals surface area contributed by atoms with Crippen molar-refractivity contribution in [1.29, 1.82) is 0 Å². The third kappa shape index (κ3) is 5.32. The summed E-state index contributed by atoms with van der Waals surface area (Å²) in [5.74, 6) is 0.776. The summed E-state index contributed by atoms with van der Waals surface area (Å²) >= 11 is 0. The molecule has 0 N–H and O–H groups in total. The van der Waals surface area contributed by atoms with Crippen LogP contribution < -0.4 is 9.47 Å². The Morgan fingerprint density at radius 3 is 2.31 bits per heavy atom. The Morgan fingerprint density at radius 2 is 1.62 bits per heavy atom. The molecule has 29 heavy (non-hydrogen) atoms. The molecule has 0 atom stereocenters. The number of hydrogen-bond acceptors (Lipinski definition) is 6. The van der Waals surface area contributed by atoms with E-state index in [1.807, 2.05) is 24.3 Å². The maximum atomic E-state index is 12.2. The lowest BCUT2D eigenvalue weighted by molar-refractivity contribution is -0.384. The van der Waals surface area contributed by atoms with Gasteiger partial charge in [-0.3, -0.25) is 10.1 Å². The van der Waals surface area contributed by atoms with Crippen LogP contribution in [0.4, 0.5) is 5.69 Å². The van der Waals surface area contributed by atoms with E-state index in [9.17, 15) is 14.9 Å². The number of methoxy groups -OCH3 is 1. The fourth-order valence-electron chi connectivity index (χ4n) is 2.63. The summed E-state index contributed by atoms with van der Waals surface area (Å²) in [5.41, 5.74) is 1.77. The van der Waals surface area contributed by atoms with E-state index in [2.05, 4.69) is 0 Å². The number of rotatable bonds is 8. The van der Waals surface area contributed by atoms with Crippen LogP contribution in [0.1, 0.15) is 21.5 Å². The van der Waals surface area contributed by atoms with Gasteiger partial charge in [0.2, 0.25) is 0 Å². The van der Waals surface area contributed by atoms with Crippen molar-refractivity contribution in [3.63, 3.8) is 0 Å². The van der Waals surface area contributed by atoms with Crippen molar-refractivity contribution < 1.29 is 23.9 Å². The van der Waals surface area contributed by atoms with Gasteiger partial charge in [-0.1, -0.05) is 36.4 Å². The summed E-state index contributed by atoms with van der Waals surface area (Å²) in [6.45, 7) is 0.280. The molecule has 0 aliphatic heterocycles. The first-order chi connectivity index (χ1) is 14.1. The lowest BCUT2D eigenvalue weighted by Crippen LogP contribution is -2.06. The molecule has 0 bridgehead atoms. The molecule has 0 aromatic heterocycles. The lowest BCUT2D eigenvalue weighted by Gasteiger charge is -2.10. The number of nitro benzene ring substituents is 1. The van der Waals surface area contributed by atoms with Gasteiger partial charge in [-0.15, -0.1) is 0 Å². The van der Waals surface area contributed by atoms with Crippen molar-refractivity contribution in [3.05, 3.63) is 99.6 Å². The van der Waals surface area contributed by atoms with Crippen LogP contribution >= 0.6 is 0 Å². The molecule has 0 aliphatic rings. The van der Waals surface area contributed by atoms with Crippen LogP contribution in [0.5, 0.6) is 11.5 Å². The Balaban J connectivity index is 1.56. The number of carbonyl (C=O) groups is 1. The Kier molecular flexibility index (Phi) is 6.42. The maximum absolute atomic E-state index is 12.2. The molecule has 0 fully saturated rings. The molecule has 3 rings (SSSR count). The molecule has 0 unspecified atom stereocenters. The summed E-state index contributed by atoms with van der Waals surface area (Å²) < 4.78 is 16.2. The molecule has 7 nitrogen and oxygen atoms in total. The van der Waals surface area contributed by atoms with Gasteiger partial charge >= 0.3 is 5.97 Å². The monoisotopic (exact) mass is 393 g/mol. The zero-order chi connectivity index (χ0) is 20.6. The van der Waals surface area contributed by atoms with Gasteiger partial charge in [-0.2, -0.15) is 0 Å². The number of nitro groups is 1. The minimum absolute atomic E-state index is 0.0425. The topological polar surface area (TPSA) is 87.9 Å². The van der Waals surface area contributed by atoms with Crippen molar-refractivity contribution in [2.24, 2.45) is 0 Å². The van der Waals surface area contributed by atoms with E-state index in [1.54, 1.807) is 43.5 Å². The van der Waals surface area contributed by atoms with E-state index >= 15 is 0 Å². The molecule has 7 heteroatoms. The second-order valence-corrected chi connectivity index (χ2v) is 6.14.